The summed E-state index contributed by atoms with van der Waals surface area (Å²) >= 11 is 0. The van der Waals surface area contributed by atoms with E-state index >= 15 is 0 Å². The molecule has 3 N–H and O–H groups in total. The van der Waals surface area contributed by atoms with Crippen molar-refractivity contribution in [3.05, 3.63) is 36.0 Å². The van der Waals surface area contributed by atoms with Crippen LogP contribution < -0.4 is 11.1 Å². The maximum absolute atomic E-state index is 5.61. The minimum Gasteiger partial charge on any atom is -0.350 e. The zero-order chi connectivity index (χ0) is 13.0. The summed E-state index contributed by atoms with van der Waals surface area (Å²) in [7, 11) is 2.10. The molecule has 0 aliphatic heterocycles. The van der Waals surface area contributed by atoms with E-state index in [1.54, 1.807) is 0 Å². The van der Waals surface area contributed by atoms with Crippen LogP contribution in [0, 0.1) is 5.92 Å². The van der Waals surface area contributed by atoms with Gasteiger partial charge in [-0.1, -0.05) is 25.1 Å². The van der Waals surface area contributed by atoms with E-state index in [1.807, 2.05) is 0 Å². The Balaban J connectivity index is 1.96. The van der Waals surface area contributed by atoms with Gasteiger partial charge >= 0.3 is 0 Å². The second-order valence-corrected chi connectivity index (χ2v) is 5.09. The molecule has 18 heavy (non-hydrogen) atoms. The van der Waals surface area contributed by atoms with Crippen LogP contribution in [0.15, 0.2) is 30.5 Å². The molecular formula is C15H23N3. The zero-order valence-corrected chi connectivity index (χ0v) is 11.3. The minimum atomic E-state index is 0.602. The predicted molar refractivity (Wildman–Crippen MR) is 77.5 cm³/mol. The van der Waals surface area contributed by atoms with Gasteiger partial charge < -0.3 is 15.6 Å². The normalized spacial score (nSPS) is 13.1. The van der Waals surface area contributed by atoms with Crippen LogP contribution in [-0.2, 0) is 13.6 Å². The lowest BCUT2D eigenvalue weighted by Crippen LogP contribution is -2.20. The van der Waals surface area contributed by atoms with E-state index in [0.29, 0.717) is 5.92 Å². The zero-order valence-electron chi connectivity index (χ0n) is 11.3. The van der Waals surface area contributed by atoms with Gasteiger partial charge in [0.05, 0.1) is 0 Å². The summed E-state index contributed by atoms with van der Waals surface area (Å²) in [5, 5.41) is 4.85. The molecule has 3 heteroatoms. The Morgan fingerprint density at radius 3 is 2.89 bits per heavy atom. The number of aromatic nitrogens is 1. The molecule has 0 aliphatic carbocycles. The molecule has 0 amide bonds. The maximum Gasteiger partial charge on any atom is 0.0481 e. The first-order valence-electron chi connectivity index (χ1n) is 6.66. The standard InChI is InChI=1S/C15H23N3/c1-12(9-16)7-8-17-10-13-11-18(2)15-6-4-3-5-14(13)15/h3-6,11-12,17H,7-10,16H2,1-2H3. The first kappa shape index (κ1) is 13.1. The van der Waals surface area contributed by atoms with Crippen LogP contribution in [0.5, 0.6) is 0 Å². The molecule has 98 valence electrons. The van der Waals surface area contributed by atoms with Crippen molar-refractivity contribution in [3.63, 3.8) is 0 Å². The van der Waals surface area contributed by atoms with Gasteiger partial charge in [0.2, 0.25) is 0 Å². The van der Waals surface area contributed by atoms with Crippen molar-refractivity contribution >= 4 is 10.9 Å². The van der Waals surface area contributed by atoms with Gasteiger partial charge in [0.1, 0.15) is 0 Å². The topological polar surface area (TPSA) is 43.0 Å². The molecule has 1 aromatic heterocycles. The smallest absolute Gasteiger partial charge is 0.0481 e. The summed E-state index contributed by atoms with van der Waals surface area (Å²) in [4.78, 5) is 0. The van der Waals surface area contributed by atoms with Crippen molar-refractivity contribution in [2.45, 2.75) is 19.9 Å². The molecule has 3 nitrogen and oxygen atoms in total. The number of aryl methyl sites for hydroxylation is 1. The molecule has 0 spiro atoms. The molecule has 2 rings (SSSR count). The fourth-order valence-corrected chi connectivity index (χ4v) is 2.26. The second-order valence-electron chi connectivity index (χ2n) is 5.09. The molecule has 1 unspecified atom stereocenters. The Hall–Kier alpha value is -1.32. The van der Waals surface area contributed by atoms with Crippen LogP contribution in [-0.4, -0.2) is 17.7 Å². The van der Waals surface area contributed by atoms with Gasteiger partial charge in [-0.3, -0.25) is 0 Å². The third kappa shape index (κ3) is 2.92. The van der Waals surface area contributed by atoms with Gasteiger partial charge in [0, 0.05) is 30.7 Å². The molecule has 1 heterocycles. The Labute approximate surface area is 109 Å². The van der Waals surface area contributed by atoms with Crippen molar-refractivity contribution in [1.29, 1.82) is 0 Å². The summed E-state index contributed by atoms with van der Waals surface area (Å²) in [6, 6.07) is 8.54. The SMILES string of the molecule is CC(CN)CCNCc1cn(C)c2ccccc12. The number of benzene rings is 1. The van der Waals surface area contributed by atoms with Gasteiger partial charge in [-0.05, 0) is 37.1 Å². The summed E-state index contributed by atoms with van der Waals surface area (Å²) < 4.78 is 2.19. The lowest BCUT2D eigenvalue weighted by molar-refractivity contribution is 0.510. The van der Waals surface area contributed by atoms with E-state index < -0.39 is 0 Å². The molecule has 1 atom stereocenters. The van der Waals surface area contributed by atoms with E-state index in [0.717, 1.165) is 26.1 Å². The van der Waals surface area contributed by atoms with Crippen molar-refractivity contribution < 1.29 is 0 Å². The number of nitrogens with one attached hydrogen (secondary N) is 1. The van der Waals surface area contributed by atoms with Crippen molar-refractivity contribution in [2.75, 3.05) is 13.1 Å². The number of hydrogen-bond acceptors (Lipinski definition) is 2. The van der Waals surface area contributed by atoms with Crippen molar-refractivity contribution in [2.24, 2.45) is 18.7 Å². The minimum absolute atomic E-state index is 0.602. The van der Waals surface area contributed by atoms with E-state index in [9.17, 15) is 0 Å². The molecule has 0 aliphatic rings. The highest BCUT2D eigenvalue weighted by atomic mass is 14.9. The number of nitrogens with zero attached hydrogens (tertiary/aromatic N) is 1. The number of fused-ring (bicyclic) bond motifs is 1. The van der Waals surface area contributed by atoms with Crippen LogP contribution in [0.3, 0.4) is 0 Å². The molecule has 1 aromatic carbocycles. The van der Waals surface area contributed by atoms with Gasteiger partial charge in [0.25, 0.3) is 0 Å². The highest BCUT2D eigenvalue weighted by molar-refractivity contribution is 5.83. The lowest BCUT2D eigenvalue weighted by atomic mass is 10.1. The van der Waals surface area contributed by atoms with Gasteiger partial charge in [-0.15, -0.1) is 0 Å². The Morgan fingerprint density at radius 1 is 1.33 bits per heavy atom. The number of hydrogen-bond donors (Lipinski definition) is 2. The summed E-state index contributed by atoms with van der Waals surface area (Å²) in [5.41, 5.74) is 8.28. The summed E-state index contributed by atoms with van der Waals surface area (Å²) in [6.45, 7) is 4.93. The molecule has 0 saturated heterocycles. The van der Waals surface area contributed by atoms with Gasteiger partial charge in [-0.25, -0.2) is 0 Å². The fourth-order valence-electron chi connectivity index (χ4n) is 2.26. The molecule has 0 radical (unpaired) electrons. The van der Waals surface area contributed by atoms with Crippen LogP contribution in [0.25, 0.3) is 10.9 Å². The van der Waals surface area contributed by atoms with Crippen LogP contribution >= 0.6 is 0 Å². The predicted octanol–water partition coefficient (Wildman–Crippen LogP) is 2.25. The monoisotopic (exact) mass is 245 g/mol. The first-order valence-corrected chi connectivity index (χ1v) is 6.66. The maximum atomic E-state index is 5.61. The lowest BCUT2D eigenvalue weighted by Gasteiger charge is -2.08. The van der Waals surface area contributed by atoms with Gasteiger partial charge in [-0.2, -0.15) is 0 Å². The van der Waals surface area contributed by atoms with Crippen LogP contribution in [0.4, 0.5) is 0 Å². The molecular weight excluding hydrogens is 222 g/mol. The highest BCUT2D eigenvalue weighted by Crippen LogP contribution is 2.19. The van der Waals surface area contributed by atoms with Crippen LogP contribution in [0.1, 0.15) is 18.9 Å². The summed E-state index contributed by atoms with van der Waals surface area (Å²) in [5.74, 6) is 0.602. The molecule has 0 bridgehead atoms. The summed E-state index contributed by atoms with van der Waals surface area (Å²) in [6.07, 6.45) is 3.35. The molecule has 0 fully saturated rings. The number of rotatable bonds is 6. The number of para-hydroxylation sites is 1. The van der Waals surface area contributed by atoms with Gasteiger partial charge in [0.15, 0.2) is 0 Å². The van der Waals surface area contributed by atoms with Crippen LogP contribution in [0.2, 0.25) is 0 Å². The van der Waals surface area contributed by atoms with E-state index in [-0.39, 0.29) is 0 Å². The third-order valence-corrected chi connectivity index (χ3v) is 3.51. The fraction of sp³-hybridized carbons (Fsp3) is 0.467. The third-order valence-electron chi connectivity index (χ3n) is 3.51. The van der Waals surface area contributed by atoms with E-state index in [1.165, 1.54) is 16.5 Å². The average molecular weight is 245 g/mol. The average Bonchev–Trinajstić information content (AvgIpc) is 2.72. The van der Waals surface area contributed by atoms with E-state index in [2.05, 4.69) is 54.3 Å². The second kappa shape index (κ2) is 6.03. The van der Waals surface area contributed by atoms with E-state index in [4.69, 9.17) is 5.73 Å². The Morgan fingerprint density at radius 2 is 2.11 bits per heavy atom. The first-order chi connectivity index (χ1) is 8.72. The quantitative estimate of drug-likeness (QED) is 0.767. The Bertz CT molecular complexity index is 501. The largest absolute Gasteiger partial charge is 0.350 e. The van der Waals surface area contributed by atoms with Crippen molar-refractivity contribution in [1.82, 2.24) is 9.88 Å². The molecule has 2 aromatic rings. The van der Waals surface area contributed by atoms with Crippen molar-refractivity contribution in [3.8, 4) is 0 Å². The number of nitrogens with two attached hydrogens (primary N) is 1. The highest BCUT2D eigenvalue weighted by Gasteiger charge is 2.05. The Kier molecular flexibility index (Phi) is 4.39. The molecule has 0 saturated carbocycles.